The van der Waals surface area contributed by atoms with Crippen molar-refractivity contribution in [3.05, 3.63) is 124 Å². The van der Waals surface area contributed by atoms with Crippen LogP contribution in [0.15, 0.2) is 108 Å². The largest absolute Gasteiger partial charge is 0.453 e. The predicted molar refractivity (Wildman–Crippen MR) is 185 cm³/mol. The number of amides is 2. The first-order valence-electron chi connectivity index (χ1n) is 15.6. The highest BCUT2D eigenvalue weighted by Gasteiger charge is 2.35. The molecule has 47 heavy (non-hydrogen) atoms. The van der Waals surface area contributed by atoms with Crippen molar-refractivity contribution in [2.45, 2.75) is 56.1 Å². The number of benzene rings is 3. The van der Waals surface area contributed by atoms with Crippen molar-refractivity contribution in [2.75, 3.05) is 20.3 Å². The molecule has 2 unspecified atom stereocenters. The second kappa shape index (κ2) is 16.7. The van der Waals surface area contributed by atoms with Crippen LogP contribution in [-0.4, -0.2) is 56.1 Å². The molecule has 0 saturated heterocycles. The highest BCUT2D eigenvalue weighted by molar-refractivity contribution is 7.89. The molecule has 3 N–H and O–H groups in total. The molecule has 9 nitrogen and oxygen atoms in total. The number of alkyl carbamates (subject to hydrolysis) is 1. The third-order valence-corrected chi connectivity index (χ3v) is 11.2. The molecule has 11 heteroatoms. The van der Waals surface area contributed by atoms with Crippen LogP contribution in [0.4, 0.5) is 4.79 Å². The maximum absolute atomic E-state index is 14.0. The molecule has 0 spiro atoms. The maximum atomic E-state index is 14.0. The van der Waals surface area contributed by atoms with Crippen LogP contribution < -0.4 is 10.6 Å². The van der Waals surface area contributed by atoms with E-state index in [4.69, 9.17) is 4.74 Å². The SMILES string of the molecule is COC(=O)N[C@H](C(=O)NC(C)c1ccc(C(CO)N(CCC(C)C)S(=O)(=O)c2ccccc2)s1)C(c1ccccc1)c1ccccc1. The molecule has 0 saturated carbocycles. The van der Waals surface area contributed by atoms with E-state index in [0.29, 0.717) is 11.3 Å². The van der Waals surface area contributed by atoms with Crippen LogP contribution in [-0.2, 0) is 19.6 Å². The van der Waals surface area contributed by atoms with E-state index in [2.05, 4.69) is 10.6 Å². The first-order chi connectivity index (χ1) is 22.6. The van der Waals surface area contributed by atoms with Crippen LogP contribution in [0, 0.1) is 5.92 Å². The van der Waals surface area contributed by atoms with Crippen molar-refractivity contribution in [3.8, 4) is 0 Å². The third-order valence-electron chi connectivity index (χ3n) is 7.95. The van der Waals surface area contributed by atoms with Crippen molar-refractivity contribution >= 4 is 33.4 Å². The van der Waals surface area contributed by atoms with Crippen molar-refractivity contribution in [2.24, 2.45) is 5.92 Å². The molecule has 250 valence electrons. The quantitative estimate of drug-likeness (QED) is 0.137. The molecule has 3 atom stereocenters. The lowest BCUT2D eigenvalue weighted by Gasteiger charge is -2.30. The number of ether oxygens (including phenoxy) is 1. The molecule has 0 aliphatic rings. The van der Waals surface area contributed by atoms with E-state index in [0.717, 1.165) is 16.0 Å². The lowest BCUT2D eigenvalue weighted by Crippen LogP contribution is -2.50. The second-order valence-corrected chi connectivity index (χ2v) is 14.7. The fraction of sp³-hybridized carbons (Fsp3) is 0.333. The monoisotopic (exact) mass is 677 g/mol. The summed E-state index contributed by atoms with van der Waals surface area (Å²) in [5, 5.41) is 16.4. The van der Waals surface area contributed by atoms with E-state index in [1.54, 1.807) is 36.4 Å². The normalized spacial score (nSPS) is 13.7. The zero-order chi connectivity index (χ0) is 34.0. The molecule has 0 fully saturated rings. The Labute approximate surface area is 281 Å². The number of nitrogens with zero attached hydrogens (tertiary/aromatic N) is 1. The van der Waals surface area contributed by atoms with Crippen LogP contribution in [0.1, 0.15) is 66.1 Å². The lowest BCUT2D eigenvalue weighted by molar-refractivity contribution is -0.124. The summed E-state index contributed by atoms with van der Waals surface area (Å²) in [5.41, 5.74) is 1.68. The van der Waals surface area contributed by atoms with Crippen molar-refractivity contribution in [1.82, 2.24) is 14.9 Å². The maximum Gasteiger partial charge on any atom is 0.407 e. The number of aliphatic hydroxyl groups is 1. The molecular weight excluding hydrogens is 635 g/mol. The standard InChI is InChI=1S/C36H43N3O6S2/c1-25(2)22-23-39(47(43,44)29-18-12-7-13-19-29)30(24-40)32-21-20-31(46-32)26(3)37-35(41)34(38-36(42)45-4)33(27-14-8-5-9-15-27)28-16-10-6-11-17-28/h5-21,25-26,30,33-34,40H,22-24H2,1-4H3,(H,37,41)(H,38,42)/t26?,30?,34-/m0/s1. The van der Waals surface area contributed by atoms with Gasteiger partial charge in [0.25, 0.3) is 0 Å². The summed E-state index contributed by atoms with van der Waals surface area (Å²) in [5.74, 6) is -0.683. The van der Waals surface area contributed by atoms with E-state index in [1.165, 1.54) is 22.8 Å². The van der Waals surface area contributed by atoms with Gasteiger partial charge in [0.15, 0.2) is 0 Å². The first-order valence-corrected chi connectivity index (χ1v) is 17.8. The molecule has 2 amide bonds. The molecule has 4 aromatic rings. The van der Waals surface area contributed by atoms with Gasteiger partial charge in [-0.3, -0.25) is 4.79 Å². The van der Waals surface area contributed by atoms with Crippen molar-refractivity contribution < 1.29 is 27.9 Å². The molecule has 0 bridgehead atoms. The van der Waals surface area contributed by atoms with Gasteiger partial charge in [-0.2, -0.15) is 4.31 Å². The number of carbonyl (C=O) groups is 2. The van der Waals surface area contributed by atoms with Gasteiger partial charge in [-0.15, -0.1) is 11.3 Å². The molecule has 4 rings (SSSR count). The van der Waals surface area contributed by atoms with Crippen molar-refractivity contribution in [3.63, 3.8) is 0 Å². The summed E-state index contributed by atoms with van der Waals surface area (Å²) in [6.45, 7) is 5.70. The second-order valence-electron chi connectivity index (χ2n) is 11.7. The van der Waals surface area contributed by atoms with Crippen LogP contribution in [0.5, 0.6) is 0 Å². The van der Waals surface area contributed by atoms with Gasteiger partial charge in [0.05, 0.1) is 30.7 Å². The molecule has 3 aromatic carbocycles. The summed E-state index contributed by atoms with van der Waals surface area (Å²) in [6, 6.07) is 28.5. The number of methoxy groups -OCH3 is 1. The Hall–Kier alpha value is -4.03. The number of thiophene rings is 1. The number of carbonyl (C=O) groups excluding carboxylic acids is 2. The Morgan fingerprint density at radius 1 is 0.809 bits per heavy atom. The molecule has 1 heterocycles. The summed E-state index contributed by atoms with van der Waals surface area (Å²) in [4.78, 5) is 28.1. The van der Waals surface area contributed by atoms with E-state index >= 15 is 0 Å². The number of rotatable bonds is 15. The Bertz CT molecular complexity index is 1640. The predicted octanol–water partition coefficient (Wildman–Crippen LogP) is 6.25. The van der Waals surface area contributed by atoms with Gasteiger partial charge < -0.3 is 20.5 Å². The third kappa shape index (κ3) is 9.07. The smallest absolute Gasteiger partial charge is 0.407 e. The van der Waals surface area contributed by atoms with Crippen LogP contribution in [0.2, 0.25) is 0 Å². The van der Waals surface area contributed by atoms with E-state index in [-0.39, 0.29) is 17.4 Å². The fourth-order valence-electron chi connectivity index (χ4n) is 5.42. The topological polar surface area (TPSA) is 125 Å². The minimum atomic E-state index is -3.92. The van der Waals surface area contributed by atoms with Gasteiger partial charge in [-0.05, 0) is 54.7 Å². The molecule has 0 aliphatic heterocycles. The van der Waals surface area contributed by atoms with Crippen molar-refractivity contribution in [1.29, 1.82) is 0 Å². The number of sulfonamides is 1. The van der Waals surface area contributed by atoms with Crippen LogP contribution >= 0.6 is 11.3 Å². The van der Waals surface area contributed by atoms with Crippen LogP contribution in [0.3, 0.4) is 0 Å². The molecule has 0 aliphatic carbocycles. The summed E-state index contributed by atoms with van der Waals surface area (Å²) < 4.78 is 33.9. The number of nitrogens with one attached hydrogen (secondary N) is 2. The zero-order valence-corrected chi connectivity index (χ0v) is 28.7. The lowest BCUT2D eigenvalue weighted by atomic mass is 9.84. The Balaban J connectivity index is 1.63. The van der Waals surface area contributed by atoms with Gasteiger partial charge in [0.2, 0.25) is 15.9 Å². The minimum Gasteiger partial charge on any atom is -0.453 e. The average Bonchev–Trinajstić information content (AvgIpc) is 3.57. The van der Waals surface area contributed by atoms with E-state index in [1.807, 2.05) is 87.5 Å². The highest BCUT2D eigenvalue weighted by Crippen LogP contribution is 2.35. The number of hydrogen-bond donors (Lipinski definition) is 3. The summed E-state index contributed by atoms with van der Waals surface area (Å²) >= 11 is 1.33. The number of aliphatic hydroxyl groups excluding tert-OH is 1. The Morgan fingerprint density at radius 2 is 1.34 bits per heavy atom. The number of hydrogen-bond acceptors (Lipinski definition) is 7. The first kappa shape index (κ1) is 35.8. The molecule has 0 radical (unpaired) electrons. The molecule has 1 aromatic heterocycles. The van der Waals surface area contributed by atoms with Gasteiger partial charge in [0.1, 0.15) is 6.04 Å². The summed E-state index contributed by atoms with van der Waals surface area (Å²) in [7, 11) is -2.67. The minimum absolute atomic E-state index is 0.162. The highest BCUT2D eigenvalue weighted by atomic mass is 32.2. The van der Waals surface area contributed by atoms with Gasteiger partial charge in [-0.25, -0.2) is 13.2 Å². The van der Waals surface area contributed by atoms with E-state index < -0.39 is 52.7 Å². The molecular formula is C36H43N3O6S2. The van der Waals surface area contributed by atoms with Gasteiger partial charge in [0, 0.05) is 22.2 Å². The van der Waals surface area contributed by atoms with Gasteiger partial charge >= 0.3 is 6.09 Å². The average molecular weight is 678 g/mol. The Kier molecular flexibility index (Phi) is 12.7. The van der Waals surface area contributed by atoms with Gasteiger partial charge in [-0.1, -0.05) is 92.7 Å². The fourth-order valence-corrected chi connectivity index (χ4v) is 8.24. The summed E-state index contributed by atoms with van der Waals surface area (Å²) in [6.07, 6.45) is -0.119. The zero-order valence-electron chi connectivity index (χ0n) is 27.1. The Morgan fingerprint density at radius 3 is 1.85 bits per heavy atom. The van der Waals surface area contributed by atoms with Crippen LogP contribution in [0.25, 0.3) is 0 Å². The van der Waals surface area contributed by atoms with E-state index in [9.17, 15) is 23.1 Å².